The second-order valence-electron chi connectivity index (χ2n) is 8.13. The molecule has 1 heterocycles. The fourth-order valence-electron chi connectivity index (χ4n) is 4.61. The molecule has 0 bridgehead atoms. The van der Waals surface area contributed by atoms with Crippen molar-refractivity contribution in [1.29, 1.82) is 0 Å². The number of nitrogens with zero attached hydrogens (tertiary/aromatic N) is 1. The highest BCUT2D eigenvalue weighted by Gasteiger charge is 2.13. The van der Waals surface area contributed by atoms with Crippen molar-refractivity contribution in [3.63, 3.8) is 0 Å². The van der Waals surface area contributed by atoms with E-state index in [1.54, 1.807) is 17.2 Å². The van der Waals surface area contributed by atoms with Crippen LogP contribution in [0.4, 0.5) is 5.69 Å². The third-order valence-corrected chi connectivity index (χ3v) is 6.10. The minimum absolute atomic E-state index is 0.0573. The van der Waals surface area contributed by atoms with Crippen LogP contribution >= 0.6 is 0 Å². The molecule has 5 aromatic rings. The standard InChI is InChI=1S/C18H16.C9H7NO3/c1-3-7-15-13(5-1)9-11-18-16-8-4-2-6-14(16)10-12-17(15)18;1-6-4-7-2-3-8(10(11)12)5-9(7)13-6/h1,3,5,7,9-12H,2,4,6,8H2;2-5H,1H3. The van der Waals surface area contributed by atoms with Crippen molar-refractivity contribution in [3.05, 3.63) is 99.8 Å². The molecular formula is C27H23NO3. The maximum Gasteiger partial charge on any atom is 0.273 e. The van der Waals surface area contributed by atoms with E-state index in [-0.39, 0.29) is 5.69 Å². The number of nitro benzene ring substituents is 1. The van der Waals surface area contributed by atoms with E-state index < -0.39 is 4.92 Å². The maximum absolute atomic E-state index is 10.4. The molecule has 1 aliphatic carbocycles. The highest BCUT2D eigenvalue weighted by molar-refractivity contribution is 6.08. The van der Waals surface area contributed by atoms with Crippen molar-refractivity contribution < 1.29 is 9.34 Å². The van der Waals surface area contributed by atoms with Crippen LogP contribution in [0.3, 0.4) is 0 Å². The maximum atomic E-state index is 10.4. The molecule has 0 radical (unpaired) electrons. The molecule has 0 spiro atoms. The third-order valence-electron chi connectivity index (χ3n) is 6.10. The highest BCUT2D eigenvalue weighted by Crippen LogP contribution is 2.33. The van der Waals surface area contributed by atoms with Gasteiger partial charge >= 0.3 is 0 Å². The van der Waals surface area contributed by atoms with Crippen LogP contribution in [0.1, 0.15) is 29.7 Å². The predicted octanol–water partition coefficient (Wildman–Crippen LogP) is 7.52. The Labute approximate surface area is 180 Å². The number of fused-ring (bicyclic) bond motifs is 6. The van der Waals surface area contributed by atoms with Gasteiger partial charge in [-0.05, 0) is 77.4 Å². The van der Waals surface area contributed by atoms with Gasteiger partial charge in [0.15, 0.2) is 0 Å². The van der Waals surface area contributed by atoms with Gasteiger partial charge in [0, 0.05) is 11.5 Å². The Morgan fingerprint density at radius 2 is 1.58 bits per heavy atom. The normalized spacial score (nSPS) is 13.1. The molecule has 4 aromatic carbocycles. The van der Waals surface area contributed by atoms with Gasteiger partial charge in [0.25, 0.3) is 5.69 Å². The monoisotopic (exact) mass is 409 g/mol. The van der Waals surface area contributed by atoms with Crippen LogP contribution < -0.4 is 0 Å². The summed E-state index contributed by atoms with van der Waals surface area (Å²) < 4.78 is 5.25. The molecule has 0 N–H and O–H groups in total. The van der Waals surface area contributed by atoms with Gasteiger partial charge in [-0.25, -0.2) is 0 Å². The molecule has 0 fully saturated rings. The molecule has 154 valence electrons. The summed E-state index contributed by atoms with van der Waals surface area (Å²) in [5.74, 6) is 0.760. The number of rotatable bonds is 1. The molecule has 0 unspecified atom stereocenters. The lowest BCUT2D eigenvalue weighted by atomic mass is 9.86. The number of nitro groups is 1. The van der Waals surface area contributed by atoms with Crippen molar-refractivity contribution in [3.8, 4) is 0 Å². The quantitative estimate of drug-likeness (QED) is 0.163. The Balaban J connectivity index is 0.000000140. The van der Waals surface area contributed by atoms with Crippen LogP contribution in [0.25, 0.3) is 32.5 Å². The number of hydrogen-bond donors (Lipinski definition) is 0. The van der Waals surface area contributed by atoms with Crippen molar-refractivity contribution in [2.75, 3.05) is 0 Å². The minimum Gasteiger partial charge on any atom is -0.461 e. The summed E-state index contributed by atoms with van der Waals surface area (Å²) in [7, 11) is 0. The van der Waals surface area contributed by atoms with Gasteiger partial charge < -0.3 is 4.42 Å². The summed E-state index contributed by atoms with van der Waals surface area (Å²) >= 11 is 0. The number of hydrogen-bond acceptors (Lipinski definition) is 3. The van der Waals surface area contributed by atoms with Gasteiger partial charge in [-0.3, -0.25) is 10.1 Å². The van der Waals surface area contributed by atoms with Crippen molar-refractivity contribution in [2.24, 2.45) is 0 Å². The zero-order valence-electron chi connectivity index (χ0n) is 17.4. The first kappa shape index (κ1) is 19.3. The van der Waals surface area contributed by atoms with Crippen LogP contribution in [0.5, 0.6) is 0 Å². The van der Waals surface area contributed by atoms with Crippen molar-refractivity contribution in [1.82, 2.24) is 0 Å². The van der Waals surface area contributed by atoms with Crippen LogP contribution in [0.2, 0.25) is 0 Å². The molecule has 4 nitrogen and oxygen atoms in total. The SMILES string of the molecule is Cc1cc2ccc([N+](=O)[O-])cc2o1.c1ccc2c(c1)ccc1c3c(ccc12)CCCC3. The summed E-state index contributed by atoms with van der Waals surface area (Å²) in [6.07, 6.45) is 5.22. The fourth-order valence-corrected chi connectivity index (χ4v) is 4.61. The molecular weight excluding hydrogens is 386 g/mol. The van der Waals surface area contributed by atoms with E-state index >= 15 is 0 Å². The second kappa shape index (κ2) is 7.88. The Kier molecular flexibility index (Phi) is 4.91. The molecule has 1 aromatic heterocycles. The molecule has 1 aliphatic rings. The van der Waals surface area contributed by atoms with E-state index in [0.29, 0.717) is 5.58 Å². The van der Waals surface area contributed by atoms with Gasteiger partial charge in [0.05, 0.1) is 11.0 Å². The second-order valence-corrected chi connectivity index (χ2v) is 8.13. The van der Waals surface area contributed by atoms with Crippen LogP contribution in [0.15, 0.2) is 77.2 Å². The van der Waals surface area contributed by atoms with E-state index in [0.717, 1.165) is 11.1 Å². The summed E-state index contributed by atoms with van der Waals surface area (Å²) in [5, 5.41) is 16.9. The molecule has 0 amide bonds. The molecule has 31 heavy (non-hydrogen) atoms. The van der Waals surface area contributed by atoms with E-state index in [4.69, 9.17) is 4.42 Å². The van der Waals surface area contributed by atoms with Crippen molar-refractivity contribution >= 4 is 38.2 Å². The van der Waals surface area contributed by atoms with Crippen LogP contribution in [0, 0.1) is 17.0 Å². The van der Waals surface area contributed by atoms with E-state index in [1.165, 1.54) is 59.4 Å². The Morgan fingerprint density at radius 3 is 2.45 bits per heavy atom. The third kappa shape index (κ3) is 3.66. The van der Waals surface area contributed by atoms with E-state index in [9.17, 15) is 10.1 Å². The topological polar surface area (TPSA) is 56.3 Å². The summed E-state index contributed by atoms with van der Waals surface area (Å²) in [6.45, 7) is 1.81. The highest BCUT2D eigenvalue weighted by atomic mass is 16.6. The minimum atomic E-state index is -0.433. The number of non-ortho nitro benzene ring substituents is 1. The Hall–Kier alpha value is -3.66. The average molecular weight is 409 g/mol. The van der Waals surface area contributed by atoms with E-state index in [1.807, 2.05) is 13.0 Å². The molecule has 0 aliphatic heterocycles. The van der Waals surface area contributed by atoms with Crippen molar-refractivity contribution in [2.45, 2.75) is 32.6 Å². The largest absolute Gasteiger partial charge is 0.461 e. The fraction of sp³-hybridized carbons (Fsp3) is 0.185. The van der Waals surface area contributed by atoms with Gasteiger partial charge in [-0.1, -0.05) is 48.5 Å². The summed E-state index contributed by atoms with van der Waals surface area (Å²) in [5.41, 5.74) is 3.79. The van der Waals surface area contributed by atoms with Gasteiger partial charge in [-0.15, -0.1) is 0 Å². The number of benzene rings is 4. The van der Waals surface area contributed by atoms with Crippen LogP contribution in [-0.4, -0.2) is 4.92 Å². The van der Waals surface area contributed by atoms with Crippen LogP contribution in [-0.2, 0) is 12.8 Å². The first-order chi connectivity index (χ1) is 15.1. The van der Waals surface area contributed by atoms with E-state index in [2.05, 4.69) is 48.5 Å². The van der Waals surface area contributed by atoms with Gasteiger partial charge in [0.1, 0.15) is 11.3 Å². The average Bonchev–Trinajstić information content (AvgIpc) is 3.18. The molecule has 6 rings (SSSR count). The first-order valence-electron chi connectivity index (χ1n) is 10.7. The lowest BCUT2D eigenvalue weighted by molar-refractivity contribution is -0.384. The number of furan rings is 1. The summed E-state index contributed by atoms with van der Waals surface area (Å²) in [4.78, 5) is 9.98. The molecule has 0 atom stereocenters. The van der Waals surface area contributed by atoms with Gasteiger partial charge in [-0.2, -0.15) is 0 Å². The zero-order chi connectivity index (χ0) is 21.4. The smallest absolute Gasteiger partial charge is 0.273 e. The molecule has 4 heteroatoms. The first-order valence-corrected chi connectivity index (χ1v) is 10.7. The zero-order valence-corrected chi connectivity index (χ0v) is 17.4. The lowest BCUT2D eigenvalue weighted by Gasteiger charge is -2.18. The Bertz CT molecular complexity index is 1430. The molecule has 0 saturated carbocycles. The van der Waals surface area contributed by atoms with Gasteiger partial charge in [0.2, 0.25) is 0 Å². The predicted molar refractivity (Wildman–Crippen MR) is 126 cm³/mol. The number of aryl methyl sites for hydroxylation is 3. The Morgan fingerprint density at radius 1 is 0.806 bits per heavy atom. The molecule has 0 saturated heterocycles. The summed E-state index contributed by atoms with van der Waals surface area (Å²) in [6, 6.07) is 24.4. The lowest BCUT2D eigenvalue weighted by Crippen LogP contribution is -2.02.